The number of allylic oxidation sites excluding steroid dienone is 1. The standard InChI is InChI=1S/C12H14BrNO2/c1-7(2)9-5-8(13)6-10(11(9)14-3)12(15)16-4/h5-6,14H,1H2,2-4H3. The van der Waals surface area contributed by atoms with Crippen LogP contribution in [0.2, 0.25) is 0 Å². The van der Waals surface area contributed by atoms with Gasteiger partial charge in [0.15, 0.2) is 0 Å². The summed E-state index contributed by atoms with van der Waals surface area (Å²) >= 11 is 3.37. The minimum Gasteiger partial charge on any atom is -0.465 e. The normalized spacial score (nSPS) is 9.75. The molecule has 3 nitrogen and oxygen atoms in total. The highest BCUT2D eigenvalue weighted by Gasteiger charge is 2.16. The molecule has 0 aromatic heterocycles. The summed E-state index contributed by atoms with van der Waals surface area (Å²) in [6.07, 6.45) is 0. The van der Waals surface area contributed by atoms with Crippen molar-refractivity contribution in [1.82, 2.24) is 0 Å². The molecule has 4 heteroatoms. The summed E-state index contributed by atoms with van der Waals surface area (Å²) in [6.45, 7) is 5.78. The van der Waals surface area contributed by atoms with Gasteiger partial charge in [0, 0.05) is 17.1 Å². The fraction of sp³-hybridized carbons (Fsp3) is 0.250. The second-order valence-electron chi connectivity index (χ2n) is 3.40. The lowest BCUT2D eigenvalue weighted by Gasteiger charge is -2.14. The molecule has 16 heavy (non-hydrogen) atoms. The Morgan fingerprint density at radius 1 is 1.44 bits per heavy atom. The van der Waals surface area contributed by atoms with Gasteiger partial charge < -0.3 is 10.1 Å². The van der Waals surface area contributed by atoms with Gasteiger partial charge in [-0.25, -0.2) is 4.79 Å². The van der Waals surface area contributed by atoms with Crippen molar-refractivity contribution in [3.05, 3.63) is 34.3 Å². The molecule has 0 aliphatic carbocycles. The van der Waals surface area contributed by atoms with Crippen molar-refractivity contribution in [3.8, 4) is 0 Å². The van der Waals surface area contributed by atoms with Gasteiger partial charge in [0.1, 0.15) is 0 Å². The van der Waals surface area contributed by atoms with Crippen LogP contribution in [-0.4, -0.2) is 20.1 Å². The lowest BCUT2D eigenvalue weighted by atomic mass is 10.0. The van der Waals surface area contributed by atoms with Crippen LogP contribution in [0.25, 0.3) is 5.57 Å². The van der Waals surface area contributed by atoms with Gasteiger partial charge in [-0.15, -0.1) is 0 Å². The highest BCUT2D eigenvalue weighted by atomic mass is 79.9. The predicted octanol–water partition coefficient (Wildman–Crippen LogP) is 3.31. The van der Waals surface area contributed by atoms with Crippen LogP contribution in [0.1, 0.15) is 22.8 Å². The van der Waals surface area contributed by atoms with E-state index in [1.807, 2.05) is 13.0 Å². The van der Waals surface area contributed by atoms with E-state index in [4.69, 9.17) is 4.74 Å². The van der Waals surface area contributed by atoms with Crippen LogP contribution in [-0.2, 0) is 4.74 Å². The fourth-order valence-corrected chi connectivity index (χ4v) is 1.94. The first-order valence-electron chi connectivity index (χ1n) is 4.76. The van der Waals surface area contributed by atoms with E-state index in [-0.39, 0.29) is 5.97 Å². The SMILES string of the molecule is C=C(C)c1cc(Br)cc(C(=O)OC)c1NC. The summed E-state index contributed by atoms with van der Waals surface area (Å²) in [6, 6.07) is 3.64. The second-order valence-corrected chi connectivity index (χ2v) is 4.31. The molecule has 0 heterocycles. The van der Waals surface area contributed by atoms with Gasteiger partial charge in [-0.2, -0.15) is 0 Å². The number of hydrogen-bond donors (Lipinski definition) is 1. The van der Waals surface area contributed by atoms with E-state index in [1.165, 1.54) is 7.11 Å². The Hall–Kier alpha value is -1.29. The molecule has 0 radical (unpaired) electrons. The molecule has 0 amide bonds. The van der Waals surface area contributed by atoms with Gasteiger partial charge >= 0.3 is 5.97 Å². The van der Waals surface area contributed by atoms with Crippen LogP contribution >= 0.6 is 15.9 Å². The van der Waals surface area contributed by atoms with Crippen molar-refractivity contribution in [1.29, 1.82) is 0 Å². The molecule has 1 aromatic carbocycles. The van der Waals surface area contributed by atoms with Crippen molar-refractivity contribution in [2.45, 2.75) is 6.92 Å². The summed E-state index contributed by atoms with van der Waals surface area (Å²) in [5.74, 6) is -0.367. The minimum atomic E-state index is -0.367. The highest BCUT2D eigenvalue weighted by molar-refractivity contribution is 9.10. The summed E-state index contributed by atoms with van der Waals surface area (Å²) in [5, 5.41) is 3.01. The van der Waals surface area contributed by atoms with Crippen molar-refractivity contribution < 1.29 is 9.53 Å². The van der Waals surface area contributed by atoms with Crippen molar-refractivity contribution >= 4 is 33.2 Å². The number of carbonyl (C=O) groups is 1. The van der Waals surface area contributed by atoms with Crippen molar-refractivity contribution in [3.63, 3.8) is 0 Å². The van der Waals surface area contributed by atoms with Crippen LogP contribution < -0.4 is 5.32 Å². The molecule has 0 aliphatic rings. The van der Waals surface area contributed by atoms with Gasteiger partial charge in [0.25, 0.3) is 0 Å². The summed E-state index contributed by atoms with van der Waals surface area (Å²) < 4.78 is 5.56. The molecule has 1 N–H and O–H groups in total. The van der Waals surface area contributed by atoms with Gasteiger partial charge in [0.05, 0.1) is 18.4 Å². The maximum atomic E-state index is 11.6. The van der Waals surface area contributed by atoms with Gasteiger partial charge in [-0.3, -0.25) is 0 Å². The Bertz CT molecular complexity index is 441. The molecular formula is C12H14BrNO2. The Morgan fingerprint density at radius 3 is 2.44 bits per heavy atom. The number of ether oxygens (including phenoxy) is 1. The van der Waals surface area contributed by atoms with Crippen LogP contribution in [0, 0.1) is 0 Å². The van der Waals surface area contributed by atoms with Gasteiger partial charge in [0.2, 0.25) is 0 Å². The third-order valence-corrected chi connectivity index (χ3v) is 2.68. The molecule has 1 rings (SSSR count). The smallest absolute Gasteiger partial charge is 0.340 e. The molecule has 0 spiro atoms. The number of methoxy groups -OCH3 is 1. The molecule has 1 aromatic rings. The molecule has 0 unspecified atom stereocenters. The number of hydrogen-bond acceptors (Lipinski definition) is 3. The maximum Gasteiger partial charge on any atom is 0.340 e. The average molecular weight is 284 g/mol. The lowest BCUT2D eigenvalue weighted by Crippen LogP contribution is -2.07. The topological polar surface area (TPSA) is 38.3 Å². The number of anilines is 1. The van der Waals surface area contributed by atoms with Crippen LogP contribution in [0.4, 0.5) is 5.69 Å². The monoisotopic (exact) mass is 283 g/mol. The Labute approximate surface area is 104 Å². The highest BCUT2D eigenvalue weighted by Crippen LogP contribution is 2.30. The molecule has 0 saturated carbocycles. The molecule has 0 aliphatic heterocycles. The minimum absolute atomic E-state index is 0.367. The third-order valence-electron chi connectivity index (χ3n) is 2.22. The fourth-order valence-electron chi connectivity index (χ4n) is 1.48. The number of halogens is 1. The number of benzene rings is 1. The van der Waals surface area contributed by atoms with E-state index >= 15 is 0 Å². The van der Waals surface area contributed by atoms with Crippen LogP contribution in [0.3, 0.4) is 0 Å². The summed E-state index contributed by atoms with van der Waals surface area (Å²) in [7, 11) is 3.13. The molecule has 86 valence electrons. The van der Waals surface area contributed by atoms with Crippen molar-refractivity contribution in [2.75, 3.05) is 19.5 Å². The first-order valence-corrected chi connectivity index (χ1v) is 5.56. The second kappa shape index (κ2) is 5.16. The van der Waals surface area contributed by atoms with Crippen molar-refractivity contribution in [2.24, 2.45) is 0 Å². The molecule has 0 bridgehead atoms. The van der Waals surface area contributed by atoms with E-state index in [0.717, 1.165) is 21.3 Å². The molecule has 0 saturated heterocycles. The van der Waals surface area contributed by atoms with Crippen LogP contribution in [0.5, 0.6) is 0 Å². The van der Waals surface area contributed by atoms with Gasteiger partial charge in [-0.1, -0.05) is 22.5 Å². The summed E-state index contributed by atoms with van der Waals surface area (Å²) in [4.78, 5) is 11.6. The third kappa shape index (κ3) is 2.44. The van der Waals surface area contributed by atoms with E-state index in [2.05, 4.69) is 27.8 Å². The van der Waals surface area contributed by atoms with E-state index < -0.39 is 0 Å². The number of carbonyl (C=O) groups excluding carboxylic acids is 1. The maximum absolute atomic E-state index is 11.6. The zero-order chi connectivity index (χ0) is 12.3. The van der Waals surface area contributed by atoms with E-state index in [9.17, 15) is 4.79 Å². The Balaban J connectivity index is 3.48. The number of esters is 1. The number of rotatable bonds is 3. The van der Waals surface area contributed by atoms with E-state index in [0.29, 0.717) is 5.56 Å². The molecule has 0 fully saturated rings. The molecular weight excluding hydrogens is 270 g/mol. The average Bonchev–Trinajstić information content (AvgIpc) is 2.26. The Morgan fingerprint density at radius 2 is 2.00 bits per heavy atom. The summed E-state index contributed by atoms with van der Waals surface area (Å²) in [5.41, 5.74) is 3.02. The Kier molecular flexibility index (Phi) is 4.12. The lowest BCUT2D eigenvalue weighted by molar-refractivity contribution is 0.0601. The quantitative estimate of drug-likeness (QED) is 0.865. The largest absolute Gasteiger partial charge is 0.465 e. The first-order chi connectivity index (χ1) is 7.51. The molecule has 0 atom stereocenters. The van der Waals surface area contributed by atoms with Gasteiger partial charge in [-0.05, 0) is 24.6 Å². The zero-order valence-electron chi connectivity index (χ0n) is 9.56. The number of nitrogens with one attached hydrogen (secondary N) is 1. The first kappa shape index (κ1) is 12.8. The van der Waals surface area contributed by atoms with E-state index in [1.54, 1.807) is 13.1 Å². The predicted molar refractivity (Wildman–Crippen MR) is 69.7 cm³/mol. The zero-order valence-corrected chi connectivity index (χ0v) is 11.1. The van der Waals surface area contributed by atoms with Crippen LogP contribution in [0.15, 0.2) is 23.2 Å².